The van der Waals surface area contributed by atoms with Crippen molar-refractivity contribution in [3.63, 3.8) is 0 Å². The number of rotatable bonds is 1. The van der Waals surface area contributed by atoms with Gasteiger partial charge in [-0.25, -0.2) is 0 Å². The fourth-order valence-electron chi connectivity index (χ4n) is 8.84. The van der Waals surface area contributed by atoms with Crippen LogP contribution >= 0.6 is 0 Å². The zero-order valence-corrected chi connectivity index (χ0v) is 26.1. The van der Waals surface area contributed by atoms with E-state index in [1.165, 1.54) is 17.8 Å². The lowest BCUT2D eigenvalue weighted by Gasteiger charge is -2.36. The van der Waals surface area contributed by atoms with Crippen molar-refractivity contribution in [3.8, 4) is 0 Å². The standard InChI is InChI=1S/C16H24N2.C14H22O2.C3H9N/c1-10-15(2,3)11-6-7-12-14(18-9-8-17-12)13(11)16(10,4)5;1-8-13(2,3)9-6-7-10(15)12(16)11(9)14(8,4)5;1-2-3-4/h8-11,13H,6-7H2,1-5H3;8-9,11H,6-7H2,1-5H3;2-4H2,1H3. The van der Waals surface area contributed by atoms with E-state index in [2.05, 4.69) is 81.1 Å². The number of fused-ring (bicyclic) bond motifs is 4. The highest BCUT2D eigenvalue weighted by Gasteiger charge is 2.62. The second-order valence-electron chi connectivity index (χ2n) is 14.9. The third kappa shape index (κ3) is 4.90. The van der Waals surface area contributed by atoms with Gasteiger partial charge in [-0.05, 0) is 77.6 Å². The summed E-state index contributed by atoms with van der Waals surface area (Å²) < 4.78 is 0. The average Bonchev–Trinajstić information content (AvgIpc) is 3.11. The van der Waals surface area contributed by atoms with Crippen molar-refractivity contribution < 1.29 is 9.59 Å². The van der Waals surface area contributed by atoms with Crippen molar-refractivity contribution in [2.45, 2.75) is 114 Å². The smallest absolute Gasteiger partial charge is 0.202 e. The first-order chi connectivity index (χ1) is 17.5. The van der Waals surface area contributed by atoms with Gasteiger partial charge in [0.25, 0.3) is 0 Å². The molecular formula is C33H55N3O2. The summed E-state index contributed by atoms with van der Waals surface area (Å²) in [7, 11) is 0. The molecule has 5 rings (SSSR count). The van der Waals surface area contributed by atoms with Gasteiger partial charge in [-0.2, -0.15) is 0 Å². The molecule has 214 valence electrons. The monoisotopic (exact) mass is 525 g/mol. The Morgan fingerprint density at radius 2 is 1.21 bits per heavy atom. The van der Waals surface area contributed by atoms with E-state index in [-0.39, 0.29) is 28.3 Å². The van der Waals surface area contributed by atoms with Gasteiger partial charge in [-0.3, -0.25) is 19.6 Å². The Kier molecular flexibility index (Phi) is 8.74. The van der Waals surface area contributed by atoms with Crippen LogP contribution in [0, 0.1) is 51.2 Å². The second kappa shape index (κ2) is 10.7. The molecule has 5 heteroatoms. The largest absolute Gasteiger partial charge is 0.330 e. The normalized spacial score (nSPS) is 35.1. The van der Waals surface area contributed by atoms with Gasteiger partial charge in [-0.1, -0.05) is 76.2 Å². The van der Waals surface area contributed by atoms with E-state index in [1.807, 2.05) is 12.4 Å². The highest BCUT2D eigenvalue weighted by atomic mass is 16.2. The molecule has 3 fully saturated rings. The molecule has 0 radical (unpaired) electrons. The van der Waals surface area contributed by atoms with Crippen LogP contribution in [0.2, 0.25) is 0 Å². The van der Waals surface area contributed by atoms with Gasteiger partial charge in [0.2, 0.25) is 5.78 Å². The first-order valence-electron chi connectivity index (χ1n) is 15.1. The number of nitrogens with zero attached hydrogens (tertiary/aromatic N) is 2. The molecule has 1 heterocycles. The summed E-state index contributed by atoms with van der Waals surface area (Å²) in [6.07, 6.45) is 8.55. The number of carbonyl (C=O) groups excluding carboxylic acids is 2. The van der Waals surface area contributed by atoms with Crippen LogP contribution in [0.3, 0.4) is 0 Å². The summed E-state index contributed by atoms with van der Waals surface area (Å²) in [5.41, 5.74) is 8.42. The topological polar surface area (TPSA) is 85.9 Å². The first kappa shape index (κ1) is 30.9. The molecule has 0 aromatic carbocycles. The molecule has 1 aromatic heterocycles. The molecule has 6 unspecified atom stereocenters. The van der Waals surface area contributed by atoms with E-state index in [9.17, 15) is 9.59 Å². The van der Waals surface area contributed by atoms with Crippen LogP contribution in [0.1, 0.15) is 119 Å². The Morgan fingerprint density at radius 1 is 0.763 bits per heavy atom. The van der Waals surface area contributed by atoms with Crippen molar-refractivity contribution in [3.05, 3.63) is 23.8 Å². The third-order valence-electron chi connectivity index (χ3n) is 12.1. The van der Waals surface area contributed by atoms with Gasteiger partial charge in [0, 0.05) is 30.7 Å². The fraction of sp³-hybridized carbons (Fsp3) is 0.818. The molecule has 0 bridgehead atoms. The molecule has 0 saturated heterocycles. The number of carbonyl (C=O) groups is 2. The SMILES string of the molecule is CC1C(C)(C)C2CCC(=O)C(=O)C2C1(C)C.CC1C(C)(C)C2CCc3nccnc3C2C1(C)C.CCCN. The summed E-state index contributed by atoms with van der Waals surface area (Å²) >= 11 is 0. The zero-order chi connectivity index (χ0) is 28.8. The minimum absolute atomic E-state index is 0.0403. The third-order valence-corrected chi connectivity index (χ3v) is 12.1. The Morgan fingerprint density at radius 3 is 1.74 bits per heavy atom. The Hall–Kier alpha value is -1.62. The average molecular weight is 526 g/mol. The molecule has 38 heavy (non-hydrogen) atoms. The molecule has 1 aromatic rings. The molecule has 4 aliphatic carbocycles. The number of aromatic nitrogens is 2. The maximum Gasteiger partial charge on any atom is 0.202 e. The van der Waals surface area contributed by atoms with Gasteiger partial charge in [0.1, 0.15) is 0 Å². The lowest BCUT2D eigenvalue weighted by Crippen LogP contribution is -2.40. The maximum atomic E-state index is 12.1. The summed E-state index contributed by atoms with van der Waals surface area (Å²) in [6.45, 7) is 26.1. The van der Waals surface area contributed by atoms with Crippen molar-refractivity contribution in [2.75, 3.05) is 6.54 Å². The van der Waals surface area contributed by atoms with Gasteiger partial charge in [0.05, 0.1) is 11.4 Å². The van der Waals surface area contributed by atoms with Crippen LogP contribution in [-0.2, 0) is 16.0 Å². The second-order valence-corrected chi connectivity index (χ2v) is 14.9. The van der Waals surface area contributed by atoms with Crippen molar-refractivity contribution >= 4 is 11.6 Å². The molecule has 3 saturated carbocycles. The summed E-state index contributed by atoms with van der Waals surface area (Å²) in [5.74, 6) is 2.64. The lowest BCUT2D eigenvalue weighted by atomic mass is 9.68. The summed E-state index contributed by atoms with van der Waals surface area (Å²) in [5, 5.41) is 0. The van der Waals surface area contributed by atoms with Gasteiger partial charge in [-0.15, -0.1) is 0 Å². The number of aryl methyl sites for hydroxylation is 1. The number of ketones is 2. The molecule has 2 N–H and O–H groups in total. The minimum atomic E-state index is -0.140. The van der Waals surface area contributed by atoms with Crippen LogP contribution < -0.4 is 5.73 Å². The molecule has 4 aliphatic rings. The maximum absolute atomic E-state index is 12.1. The highest BCUT2D eigenvalue weighted by Crippen LogP contribution is 2.66. The van der Waals surface area contributed by atoms with E-state index < -0.39 is 0 Å². The summed E-state index contributed by atoms with van der Waals surface area (Å²) in [4.78, 5) is 32.9. The first-order valence-corrected chi connectivity index (χ1v) is 15.1. The molecular weight excluding hydrogens is 470 g/mol. The van der Waals surface area contributed by atoms with Crippen molar-refractivity contribution in [1.82, 2.24) is 9.97 Å². The zero-order valence-electron chi connectivity index (χ0n) is 26.1. The van der Waals surface area contributed by atoms with E-state index >= 15 is 0 Å². The number of nitrogens with two attached hydrogens (primary N) is 1. The predicted molar refractivity (Wildman–Crippen MR) is 156 cm³/mol. The van der Waals surface area contributed by atoms with Crippen molar-refractivity contribution in [1.29, 1.82) is 0 Å². The van der Waals surface area contributed by atoms with Gasteiger partial charge in [0.15, 0.2) is 5.78 Å². The Balaban J connectivity index is 0.000000186. The van der Waals surface area contributed by atoms with Crippen LogP contribution in [0.4, 0.5) is 0 Å². The molecule has 6 atom stereocenters. The van der Waals surface area contributed by atoms with Gasteiger partial charge >= 0.3 is 0 Å². The quantitative estimate of drug-likeness (QED) is 0.398. The minimum Gasteiger partial charge on any atom is -0.330 e. The summed E-state index contributed by atoms with van der Waals surface area (Å²) in [6, 6.07) is 0. The predicted octanol–water partition coefficient (Wildman–Crippen LogP) is 7.03. The van der Waals surface area contributed by atoms with Crippen LogP contribution in [0.25, 0.3) is 0 Å². The molecule has 0 spiro atoms. The van der Waals surface area contributed by atoms with Crippen molar-refractivity contribution in [2.24, 2.45) is 57.0 Å². The van der Waals surface area contributed by atoms with Gasteiger partial charge < -0.3 is 5.73 Å². The Bertz CT molecular complexity index is 1020. The van der Waals surface area contributed by atoms with Crippen LogP contribution in [0.5, 0.6) is 0 Å². The number of hydrogen-bond donors (Lipinski definition) is 1. The molecule has 5 nitrogen and oxygen atoms in total. The van der Waals surface area contributed by atoms with E-state index in [0.29, 0.717) is 40.9 Å². The number of hydrogen-bond acceptors (Lipinski definition) is 5. The molecule has 0 aliphatic heterocycles. The van der Waals surface area contributed by atoms with Crippen LogP contribution in [0.15, 0.2) is 12.4 Å². The highest BCUT2D eigenvalue weighted by molar-refractivity contribution is 6.38. The Labute approximate surface area is 232 Å². The molecule has 0 amide bonds. The van der Waals surface area contributed by atoms with Crippen LogP contribution in [-0.4, -0.2) is 28.1 Å². The lowest BCUT2D eigenvalue weighted by molar-refractivity contribution is -0.145. The van der Waals surface area contributed by atoms with E-state index in [4.69, 9.17) is 10.7 Å². The van der Waals surface area contributed by atoms with E-state index in [1.54, 1.807) is 0 Å². The number of Topliss-reactive ketones (excluding diaryl/α,β-unsaturated/α-hetero) is 2. The fourth-order valence-corrected chi connectivity index (χ4v) is 8.84. The van der Waals surface area contributed by atoms with E-state index in [0.717, 1.165) is 31.7 Å².